The van der Waals surface area contributed by atoms with Gasteiger partial charge in [0.25, 0.3) is 0 Å². The Morgan fingerprint density at radius 1 is 1.21 bits per heavy atom. The molecule has 1 aromatic carbocycles. The van der Waals surface area contributed by atoms with Crippen LogP contribution in [0.3, 0.4) is 0 Å². The summed E-state index contributed by atoms with van der Waals surface area (Å²) < 4.78 is 1.43. The minimum absolute atomic E-state index is 0. The van der Waals surface area contributed by atoms with Crippen molar-refractivity contribution in [3.63, 3.8) is 0 Å². The zero-order valence-corrected chi connectivity index (χ0v) is 13.0. The van der Waals surface area contributed by atoms with Gasteiger partial charge in [0, 0.05) is 19.5 Å². The number of hydrogen-bond donors (Lipinski definition) is 2. The van der Waals surface area contributed by atoms with Crippen LogP contribution in [0.5, 0.6) is 0 Å². The molecule has 0 bridgehead atoms. The van der Waals surface area contributed by atoms with Crippen LogP contribution < -0.4 is 0 Å². The molecule has 2 aromatic rings. The molecule has 96 valence electrons. The van der Waals surface area contributed by atoms with Crippen molar-refractivity contribution >= 4 is 11.9 Å². The van der Waals surface area contributed by atoms with Crippen LogP contribution in [0.15, 0.2) is 42.9 Å². The first-order valence-corrected chi connectivity index (χ1v) is 4.97. The second-order valence-corrected chi connectivity index (χ2v) is 3.24. The Kier molecular flexibility index (Phi) is 8.04. The number of carboxylic acid groups (broad SMARTS) is 2. The monoisotopic (exact) mass is 311 g/mol. The molecule has 0 saturated carbocycles. The van der Waals surface area contributed by atoms with Gasteiger partial charge in [-0.15, -0.1) is 6.20 Å². The van der Waals surface area contributed by atoms with E-state index in [9.17, 15) is 9.59 Å². The molecule has 0 aliphatic carbocycles. The SMILES string of the molecule is O=C(O)Cn1c[c-]nc1.O=C(O)c1ccccc1.[Zn]. The van der Waals surface area contributed by atoms with E-state index in [1.807, 2.05) is 0 Å². The summed E-state index contributed by atoms with van der Waals surface area (Å²) in [6.45, 7) is -0.0451. The topological polar surface area (TPSA) is 92.4 Å². The van der Waals surface area contributed by atoms with Gasteiger partial charge in [0.1, 0.15) is 6.54 Å². The van der Waals surface area contributed by atoms with E-state index in [-0.39, 0.29) is 26.0 Å². The number of benzene rings is 1. The number of carbonyl (C=O) groups is 2. The molecule has 19 heavy (non-hydrogen) atoms. The van der Waals surface area contributed by atoms with E-state index in [2.05, 4.69) is 11.2 Å². The second-order valence-electron chi connectivity index (χ2n) is 3.24. The molecule has 0 atom stereocenters. The maximum atomic E-state index is 10.2. The Balaban J connectivity index is 0.000000324. The van der Waals surface area contributed by atoms with Gasteiger partial charge in [-0.1, -0.05) is 30.7 Å². The third-order valence-corrected chi connectivity index (χ3v) is 1.84. The van der Waals surface area contributed by atoms with Gasteiger partial charge >= 0.3 is 11.9 Å². The Morgan fingerprint density at radius 3 is 2.21 bits per heavy atom. The van der Waals surface area contributed by atoms with Crippen LogP contribution in [0.25, 0.3) is 0 Å². The first-order chi connectivity index (χ1) is 8.59. The number of aromatic nitrogens is 2. The molecule has 0 aliphatic rings. The van der Waals surface area contributed by atoms with E-state index in [1.165, 1.54) is 17.1 Å². The van der Waals surface area contributed by atoms with Crippen LogP contribution in [0.4, 0.5) is 0 Å². The number of imidazole rings is 1. The fraction of sp³-hybridized carbons (Fsp3) is 0.0833. The van der Waals surface area contributed by atoms with Gasteiger partial charge in [0.05, 0.1) is 5.56 Å². The number of rotatable bonds is 3. The van der Waals surface area contributed by atoms with E-state index in [0.29, 0.717) is 5.56 Å². The predicted octanol–water partition coefficient (Wildman–Crippen LogP) is 1.15. The van der Waals surface area contributed by atoms with Gasteiger partial charge in [-0.2, -0.15) is 0 Å². The maximum absolute atomic E-state index is 10.2. The summed E-state index contributed by atoms with van der Waals surface area (Å²) in [5.41, 5.74) is 0.331. The average Bonchev–Trinajstić information content (AvgIpc) is 2.83. The molecule has 1 aromatic heterocycles. The number of hydrogen-bond acceptors (Lipinski definition) is 3. The van der Waals surface area contributed by atoms with Crippen molar-refractivity contribution in [3.05, 3.63) is 54.6 Å². The molecule has 2 rings (SSSR count). The van der Waals surface area contributed by atoms with E-state index in [0.717, 1.165) is 0 Å². The van der Waals surface area contributed by atoms with E-state index >= 15 is 0 Å². The summed E-state index contributed by atoms with van der Waals surface area (Å²) >= 11 is 0. The van der Waals surface area contributed by atoms with Crippen molar-refractivity contribution in [3.8, 4) is 0 Å². The van der Waals surface area contributed by atoms with Gasteiger partial charge in [0.15, 0.2) is 0 Å². The van der Waals surface area contributed by atoms with Crippen molar-refractivity contribution in [2.24, 2.45) is 0 Å². The molecule has 0 unspecified atom stereocenters. The molecule has 6 nitrogen and oxygen atoms in total. The average molecular weight is 313 g/mol. The maximum Gasteiger partial charge on any atom is 0.335 e. The number of aliphatic carboxylic acids is 1. The molecule has 0 fully saturated rings. The zero-order chi connectivity index (χ0) is 13.4. The Hall–Kier alpha value is -2.01. The van der Waals surface area contributed by atoms with Crippen molar-refractivity contribution in [2.45, 2.75) is 6.54 Å². The van der Waals surface area contributed by atoms with Crippen molar-refractivity contribution < 1.29 is 39.3 Å². The summed E-state index contributed by atoms with van der Waals surface area (Å²) in [6.07, 6.45) is 5.38. The minimum Gasteiger partial charge on any atom is -0.480 e. The molecule has 2 N–H and O–H groups in total. The van der Waals surface area contributed by atoms with E-state index in [1.54, 1.807) is 30.3 Å². The van der Waals surface area contributed by atoms with Gasteiger partial charge < -0.3 is 19.8 Å². The van der Waals surface area contributed by atoms with Gasteiger partial charge in [-0.3, -0.25) is 4.79 Å². The van der Waals surface area contributed by atoms with Gasteiger partial charge in [-0.25, -0.2) is 4.79 Å². The second kappa shape index (κ2) is 8.99. The van der Waals surface area contributed by atoms with Crippen molar-refractivity contribution in [1.29, 1.82) is 0 Å². The summed E-state index contributed by atoms with van der Waals surface area (Å²) in [7, 11) is 0. The van der Waals surface area contributed by atoms with E-state index in [4.69, 9.17) is 10.2 Å². The molecule has 0 amide bonds. The molecular formula is C12H11N2O4Zn-. The number of nitrogens with zero attached hydrogens (tertiary/aromatic N) is 2. The summed E-state index contributed by atoms with van der Waals surface area (Å²) in [6, 6.07) is 8.30. The molecule has 0 saturated heterocycles. The zero-order valence-electron chi connectivity index (χ0n) is 10.1. The van der Waals surface area contributed by atoms with Crippen LogP contribution in [-0.2, 0) is 30.8 Å². The first-order valence-electron chi connectivity index (χ1n) is 4.97. The third kappa shape index (κ3) is 7.11. The Labute approximate surface area is 122 Å². The minimum atomic E-state index is -0.879. The van der Waals surface area contributed by atoms with Crippen LogP contribution >= 0.6 is 0 Å². The molecule has 1 heterocycles. The number of aromatic carboxylic acids is 1. The molecular weight excluding hydrogens is 302 g/mol. The van der Waals surface area contributed by atoms with E-state index < -0.39 is 11.9 Å². The summed E-state index contributed by atoms with van der Waals surface area (Å²) in [4.78, 5) is 23.8. The quantitative estimate of drug-likeness (QED) is 0.655. The largest absolute Gasteiger partial charge is 0.480 e. The van der Waals surface area contributed by atoms with Gasteiger partial charge in [0.2, 0.25) is 0 Å². The molecule has 0 spiro atoms. The van der Waals surface area contributed by atoms with Crippen LogP contribution in [0.1, 0.15) is 10.4 Å². The smallest absolute Gasteiger partial charge is 0.335 e. The summed E-state index contributed by atoms with van der Waals surface area (Å²) in [5, 5.41) is 16.6. The normalized spacial score (nSPS) is 8.63. The predicted molar refractivity (Wildman–Crippen MR) is 62.1 cm³/mol. The standard InChI is InChI=1S/C7H6O2.C5H5N2O2.Zn/c8-7(9)6-4-2-1-3-5-6;8-5(9)3-7-2-1-6-4-7;/h1-5H,(H,8,9);2,4H,3H2,(H,8,9);/q;-1;. The molecule has 0 radical (unpaired) electrons. The van der Waals surface area contributed by atoms with Crippen LogP contribution in [0.2, 0.25) is 0 Å². The Morgan fingerprint density at radius 2 is 1.84 bits per heavy atom. The molecule has 0 aliphatic heterocycles. The molecule has 7 heteroatoms. The summed E-state index contributed by atoms with van der Waals surface area (Å²) in [5.74, 6) is -1.75. The Bertz CT molecular complexity index is 500. The first kappa shape index (κ1) is 17.0. The van der Waals surface area contributed by atoms with Crippen molar-refractivity contribution in [2.75, 3.05) is 0 Å². The van der Waals surface area contributed by atoms with Crippen molar-refractivity contribution in [1.82, 2.24) is 9.55 Å². The fourth-order valence-corrected chi connectivity index (χ4v) is 1.07. The van der Waals surface area contributed by atoms with Crippen LogP contribution in [-0.4, -0.2) is 31.7 Å². The number of carboxylic acids is 2. The fourth-order valence-electron chi connectivity index (χ4n) is 1.07. The van der Waals surface area contributed by atoms with Crippen LogP contribution in [0, 0.1) is 6.20 Å². The van der Waals surface area contributed by atoms with Gasteiger partial charge in [-0.05, 0) is 12.1 Å². The third-order valence-electron chi connectivity index (χ3n) is 1.84.